The van der Waals surface area contributed by atoms with Crippen LogP contribution in [0, 0.1) is 11.8 Å². The molecule has 0 aliphatic carbocycles. The van der Waals surface area contributed by atoms with Gasteiger partial charge in [0.2, 0.25) is 0 Å². The predicted molar refractivity (Wildman–Crippen MR) is 107 cm³/mol. The van der Waals surface area contributed by atoms with Crippen molar-refractivity contribution in [3.05, 3.63) is 0 Å². The lowest BCUT2D eigenvalue weighted by Crippen LogP contribution is -2.10. The minimum absolute atomic E-state index is 0.147. The molecule has 0 spiro atoms. The van der Waals surface area contributed by atoms with Crippen LogP contribution in [0.15, 0.2) is 0 Å². The van der Waals surface area contributed by atoms with Crippen molar-refractivity contribution < 1.29 is 19.1 Å². The Morgan fingerprint density at radius 3 is 1.38 bits per heavy atom. The summed E-state index contributed by atoms with van der Waals surface area (Å²) in [6.45, 7) is 9.83. The van der Waals surface area contributed by atoms with Crippen molar-refractivity contribution in [1.82, 2.24) is 0 Å². The van der Waals surface area contributed by atoms with Crippen LogP contribution in [0.2, 0.25) is 0 Å². The van der Waals surface area contributed by atoms with E-state index in [1.165, 1.54) is 38.5 Å². The van der Waals surface area contributed by atoms with Crippen LogP contribution >= 0.6 is 0 Å². The van der Waals surface area contributed by atoms with Crippen molar-refractivity contribution >= 4 is 11.9 Å². The molecule has 0 aliphatic heterocycles. The summed E-state index contributed by atoms with van der Waals surface area (Å²) >= 11 is 0. The molecule has 0 saturated heterocycles. The number of esters is 2. The first-order valence-corrected chi connectivity index (χ1v) is 10.8. The molecule has 0 bridgehead atoms. The van der Waals surface area contributed by atoms with Gasteiger partial charge in [0, 0.05) is 12.8 Å². The van der Waals surface area contributed by atoms with E-state index in [0.717, 1.165) is 12.8 Å². The zero-order chi connectivity index (χ0) is 19.6. The number of carbonyl (C=O) groups is 2. The second kappa shape index (κ2) is 17.4. The van der Waals surface area contributed by atoms with Gasteiger partial charge in [0.25, 0.3) is 0 Å². The summed E-state index contributed by atoms with van der Waals surface area (Å²) in [7, 11) is 0. The third kappa shape index (κ3) is 16.4. The maximum absolute atomic E-state index is 11.7. The largest absolute Gasteiger partial charge is 0.466 e. The summed E-state index contributed by atoms with van der Waals surface area (Å²) in [5.41, 5.74) is 0. The zero-order valence-corrected chi connectivity index (χ0v) is 17.7. The van der Waals surface area contributed by atoms with Gasteiger partial charge in [-0.2, -0.15) is 0 Å². The monoisotopic (exact) mass is 370 g/mol. The Morgan fingerprint density at radius 1 is 0.654 bits per heavy atom. The molecule has 0 aromatic heterocycles. The summed E-state index contributed by atoms with van der Waals surface area (Å²) in [4.78, 5) is 23.4. The minimum Gasteiger partial charge on any atom is -0.466 e. The van der Waals surface area contributed by atoms with Crippen LogP contribution in [0.3, 0.4) is 0 Å². The Bertz CT molecular complexity index is 320. The van der Waals surface area contributed by atoms with E-state index >= 15 is 0 Å². The quantitative estimate of drug-likeness (QED) is 0.230. The summed E-state index contributed by atoms with van der Waals surface area (Å²) in [5, 5.41) is 0. The SMILES string of the molecule is CCCCC(C)CCOC(=O)CCCCC(=O)OCCC(C)CCCC. The molecule has 0 radical (unpaired) electrons. The average molecular weight is 371 g/mol. The Labute approximate surface area is 161 Å². The van der Waals surface area contributed by atoms with E-state index in [0.29, 0.717) is 50.7 Å². The third-order valence-corrected chi connectivity index (χ3v) is 4.86. The van der Waals surface area contributed by atoms with Crippen LogP contribution in [0.1, 0.15) is 105 Å². The molecule has 0 heterocycles. The number of unbranched alkanes of at least 4 members (excludes halogenated alkanes) is 3. The first-order chi connectivity index (χ1) is 12.5. The van der Waals surface area contributed by atoms with E-state index in [4.69, 9.17) is 9.47 Å². The number of carbonyl (C=O) groups excluding carboxylic acids is 2. The van der Waals surface area contributed by atoms with Gasteiger partial charge in [0.1, 0.15) is 0 Å². The summed E-state index contributed by atoms with van der Waals surface area (Å²) < 4.78 is 10.5. The molecule has 154 valence electrons. The maximum atomic E-state index is 11.7. The van der Waals surface area contributed by atoms with Crippen LogP contribution in [-0.4, -0.2) is 25.2 Å². The van der Waals surface area contributed by atoms with Gasteiger partial charge in [-0.05, 0) is 37.5 Å². The van der Waals surface area contributed by atoms with Crippen molar-refractivity contribution in [2.24, 2.45) is 11.8 Å². The van der Waals surface area contributed by atoms with E-state index in [1.54, 1.807) is 0 Å². The van der Waals surface area contributed by atoms with Gasteiger partial charge in [-0.1, -0.05) is 66.2 Å². The van der Waals surface area contributed by atoms with Crippen molar-refractivity contribution in [1.29, 1.82) is 0 Å². The molecule has 0 aromatic carbocycles. The lowest BCUT2D eigenvalue weighted by Gasteiger charge is -2.11. The molecular formula is C22H42O4. The van der Waals surface area contributed by atoms with E-state index in [-0.39, 0.29) is 11.9 Å². The lowest BCUT2D eigenvalue weighted by atomic mass is 10.0. The minimum atomic E-state index is -0.147. The van der Waals surface area contributed by atoms with Gasteiger partial charge in [0.05, 0.1) is 13.2 Å². The van der Waals surface area contributed by atoms with Crippen LogP contribution in [-0.2, 0) is 19.1 Å². The second-order valence-electron chi connectivity index (χ2n) is 7.72. The Balaban J connectivity index is 3.51. The van der Waals surface area contributed by atoms with E-state index in [9.17, 15) is 9.59 Å². The number of hydrogen-bond acceptors (Lipinski definition) is 4. The van der Waals surface area contributed by atoms with Crippen molar-refractivity contribution in [2.45, 2.75) is 105 Å². The van der Waals surface area contributed by atoms with Gasteiger partial charge in [-0.25, -0.2) is 0 Å². The van der Waals surface area contributed by atoms with Crippen molar-refractivity contribution in [3.8, 4) is 0 Å². The Hall–Kier alpha value is -1.06. The molecule has 0 N–H and O–H groups in total. The van der Waals surface area contributed by atoms with Gasteiger partial charge in [-0.15, -0.1) is 0 Å². The molecule has 2 unspecified atom stereocenters. The molecule has 4 heteroatoms. The van der Waals surface area contributed by atoms with Crippen LogP contribution < -0.4 is 0 Å². The smallest absolute Gasteiger partial charge is 0.305 e. The zero-order valence-electron chi connectivity index (χ0n) is 17.7. The average Bonchev–Trinajstić information content (AvgIpc) is 2.61. The molecule has 0 amide bonds. The molecule has 0 rings (SSSR count). The molecule has 0 aromatic rings. The Morgan fingerprint density at radius 2 is 1.04 bits per heavy atom. The highest BCUT2D eigenvalue weighted by atomic mass is 16.5. The molecule has 2 atom stereocenters. The summed E-state index contributed by atoms with van der Waals surface area (Å²) in [6, 6.07) is 0. The van der Waals surface area contributed by atoms with E-state index < -0.39 is 0 Å². The highest BCUT2D eigenvalue weighted by molar-refractivity contribution is 5.70. The molecular weight excluding hydrogens is 328 g/mol. The predicted octanol–water partition coefficient (Wildman–Crippen LogP) is 6.07. The molecule has 0 fully saturated rings. The summed E-state index contributed by atoms with van der Waals surface area (Å²) in [6.07, 6.45) is 11.3. The molecule has 26 heavy (non-hydrogen) atoms. The van der Waals surface area contributed by atoms with E-state index in [2.05, 4.69) is 27.7 Å². The van der Waals surface area contributed by atoms with Crippen LogP contribution in [0.5, 0.6) is 0 Å². The molecule has 0 aliphatic rings. The third-order valence-electron chi connectivity index (χ3n) is 4.86. The standard InChI is InChI=1S/C22H42O4/c1-5-7-11-19(3)15-17-25-21(23)13-9-10-14-22(24)26-18-16-20(4)12-8-6-2/h19-20H,5-18H2,1-4H3. The van der Waals surface area contributed by atoms with Crippen LogP contribution in [0.25, 0.3) is 0 Å². The summed E-state index contributed by atoms with van der Waals surface area (Å²) in [5.74, 6) is 0.932. The van der Waals surface area contributed by atoms with E-state index in [1.807, 2.05) is 0 Å². The van der Waals surface area contributed by atoms with Crippen LogP contribution in [0.4, 0.5) is 0 Å². The normalized spacial score (nSPS) is 13.2. The second-order valence-corrected chi connectivity index (χ2v) is 7.72. The highest BCUT2D eigenvalue weighted by Gasteiger charge is 2.08. The van der Waals surface area contributed by atoms with Gasteiger partial charge >= 0.3 is 11.9 Å². The van der Waals surface area contributed by atoms with Gasteiger partial charge in [0.15, 0.2) is 0 Å². The lowest BCUT2D eigenvalue weighted by molar-refractivity contribution is -0.146. The fraction of sp³-hybridized carbons (Fsp3) is 0.909. The number of hydrogen-bond donors (Lipinski definition) is 0. The number of ether oxygens (including phenoxy) is 2. The highest BCUT2D eigenvalue weighted by Crippen LogP contribution is 2.13. The van der Waals surface area contributed by atoms with Crippen molar-refractivity contribution in [2.75, 3.05) is 13.2 Å². The Kier molecular flexibility index (Phi) is 16.7. The first kappa shape index (κ1) is 24.9. The maximum Gasteiger partial charge on any atom is 0.305 e. The molecule has 0 saturated carbocycles. The fourth-order valence-electron chi connectivity index (χ4n) is 2.82. The molecule has 4 nitrogen and oxygen atoms in total. The fourth-order valence-corrected chi connectivity index (χ4v) is 2.82. The van der Waals surface area contributed by atoms with Crippen molar-refractivity contribution in [3.63, 3.8) is 0 Å². The van der Waals surface area contributed by atoms with Gasteiger partial charge < -0.3 is 9.47 Å². The first-order valence-electron chi connectivity index (χ1n) is 10.8. The van der Waals surface area contributed by atoms with Gasteiger partial charge in [-0.3, -0.25) is 9.59 Å². The number of rotatable bonds is 17. The topological polar surface area (TPSA) is 52.6 Å².